The molecule has 0 saturated carbocycles. The van der Waals surface area contributed by atoms with Gasteiger partial charge in [0.15, 0.2) is 5.60 Å². The Balaban J connectivity index is 4.09. The Labute approximate surface area is 53.1 Å². The largest absolute Gasteiger partial charge is 0.479 e. The van der Waals surface area contributed by atoms with Crippen molar-refractivity contribution in [2.75, 3.05) is 13.7 Å². The van der Waals surface area contributed by atoms with Gasteiger partial charge < -0.3 is 14.9 Å². The third-order valence-electron chi connectivity index (χ3n) is 1.20. The number of aliphatic carboxylic acids is 1. The molecule has 0 rings (SSSR count). The van der Waals surface area contributed by atoms with Crippen LogP contribution in [0.1, 0.15) is 6.92 Å². The molecule has 0 radical (unpaired) electrons. The van der Waals surface area contributed by atoms with Gasteiger partial charge in [-0.1, -0.05) is 0 Å². The zero-order chi connectivity index (χ0) is 7.49. The van der Waals surface area contributed by atoms with E-state index in [1.165, 1.54) is 14.0 Å². The van der Waals surface area contributed by atoms with Crippen LogP contribution in [0.15, 0.2) is 0 Å². The molecule has 2 N–H and O–H groups in total. The maximum Gasteiger partial charge on any atom is 0.338 e. The van der Waals surface area contributed by atoms with Gasteiger partial charge in [-0.2, -0.15) is 0 Å². The monoisotopic (exact) mass is 134 g/mol. The lowest BCUT2D eigenvalue weighted by Gasteiger charge is -2.19. The van der Waals surface area contributed by atoms with Crippen LogP contribution >= 0.6 is 0 Å². The van der Waals surface area contributed by atoms with E-state index in [0.29, 0.717) is 0 Å². The fourth-order valence-electron chi connectivity index (χ4n) is 0.219. The zero-order valence-electron chi connectivity index (χ0n) is 5.42. The van der Waals surface area contributed by atoms with Gasteiger partial charge in [-0.25, -0.2) is 4.79 Å². The first kappa shape index (κ1) is 8.39. The molecule has 0 spiro atoms. The third kappa shape index (κ3) is 1.65. The van der Waals surface area contributed by atoms with Crippen molar-refractivity contribution >= 4 is 5.97 Å². The molecule has 1 atom stereocenters. The summed E-state index contributed by atoms with van der Waals surface area (Å²) in [5, 5.41) is 16.8. The van der Waals surface area contributed by atoms with Crippen LogP contribution in [0.3, 0.4) is 0 Å². The van der Waals surface area contributed by atoms with Crippen molar-refractivity contribution in [3.8, 4) is 0 Å². The highest BCUT2D eigenvalue weighted by Gasteiger charge is 2.31. The Morgan fingerprint density at radius 1 is 1.78 bits per heavy atom. The molecule has 0 amide bonds. The molecule has 0 aromatic carbocycles. The van der Waals surface area contributed by atoms with E-state index in [-0.39, 0.29) is 0 Å². The SMILES string of the molecule is CO[C@@](C)(CO)C(=O)O. The number of carboxylic acid groups (broad SMARTS) is 1. The second-order valence-corrected chi connectivity index (χ2v) is 1.90. The van der Waals surface area contributed by atoms with Crippen molar-refractivity contribution in [3.05, 3.63) is 0 Å². The van der Waals surface area contributed by atoms with Crippen molar-refractivity contribution in [1.29, 1.82) is 0 Å². The van der Waals surface area contributed by atoms with E-state index < -0.39 is 18.2 Å². The fraction of sp³-hybridized carbons (Fsp3) is 0.800. The fourth-order valence-corrected chi connectivity index (χ4v) is 0.219. The van der Waals surface area contributed by atoms with E-state index in [9.17, 15) is 4.79 Å². The number of rotatable bonds is 3. The van der Waals surface area contributed by atoms with Gasteiger partial charge in [0, 0.05) is 7.11 Å². The maximum atomic E-state index is 10.2. The summed E-state index contributed by atoms with van der Waals surface area (Å²) >= 11 is 0. The minimum atomic E-state index is -1.44. The number of aliphatic hydroxyl groups excluding tert-OH is 1. The molecular formula is C5H10O4. The molecule has 4 nitrogen and oxygen atoms in total. The molecule has 0 fully saturated rings. The summed E-state index contributed by atoms with van der Waals surface area (Å²) in [4.78, 5) is 10.2. The molecule has 4 heteroatoms. The summed E-state index contributed by atoms with van der Waals surface area (Å²) < 4.78 is 4.50. The van der Waals surface area contributed by atoms with Crippen molar-refractivity contribution in [3.63, 3.8) is 0 Å². The Kier molecular flexibility index (Phi) is 2.61. The van der Waals surface area contributed by atoms with E-state index in [1.807, 2.05) is 0 Å². The number of ether oxygens (including phenoxy) is 1. The van der Waals surface area contributed by atoms with E-state index in [1.54, 1.807) is 0 Å². The summed E-state index contributed by atoms with van der Waals surface area (Å²) in [6.45, 7) is 0.786. The Hall–Kier alpha value is -0.610. The summed E-state index contributed by atoms with van der Waals surface area (Å²) in [6, 6.07) is 0. The normalized spacial score (nSPS) is 16.8. The minimum Gasteiger partial charge on any atom is -0.479 e. The van der Waals surface area contributed by atoms with Crippen molar-refractivity contribution < 1.29 is 19.7 Å². The van der Waals surface area contributed by atoms with Gasteiger partial charge >= 0.3 is 5.97 Å². The summed E-state index contributed by atoms with van der Waals surface area (Å²) in [7, 11) is 1.24. The number of carboxylic acids is 1. The lowest BCUT2D eigenvalue weighted by molar-refractivity contribution is -0.164. The second-order valence-electron chi connectivity index (χ2n) is 1.90. The average molecular weight is 134 g/mol. The van der Waals surface area contributed by atoms with E-state index in [2.05, 4.69) is 4.74 Å². The highest BCUT2D eigenvalue weighted by Crippen LogP contribution is 2.06. The molecule has 0 bridgehead atoms. The van der Waals surface area contributed by atoms with Crippen molar-refractivity contribution in [1.82, 2.24) is 0 Å². The van der Waals surface area contributed by atoms with Gasteiger partial charge in [-0.05, 0) is 6.92 Å². The summed E-state index contributed by atoms with van der Waals surface area (Å²) in [5.41, 5.74) is -1.44. The van der Waals surface area contributed by atoms with Gasteiger partial charge in [0.25, 0.3) is 0 Å². The predicted octanol–water partition coefficient (Wildman–Crippen LogP) is -0.532. The first-order valence-corrected chi connectivity index (χ1v) is 2.46. The van der Waals surface area contributed by atoms with E-state index in [0.717, 1.165) is 0 Å². The number of methoxy groups -OCH3 is 1. The van der Waals surface area contributed by atoms with Crippen molar-refractivity contribution in [2.24, 2.45) is 0 Å². The number of hydrogen-bond acceptors (Lipinski definition) is 3. The molecule has 0 aliphatic rings. The Bertz CT molecular complexity index is 106. The van der Waals surface area contributed by atoms with Crippen LogP contribution in [0.5, 0.6) is 0 Å². The molecule has 0 aromatic heterocycles. The lowest BCUT2D eigenvalue weighted by Crippen LogP contribution is -2.40. The number of carbonyl (C=O) groups is 1. The van der Waals surface area contributed by atoms with E-state index >= 15 is 0 Å². The summed E-state index contributed by atoms with van der Waals surface area (Å²) in [5.74, 6) is -1.16. The molecule has 0 heterocycles. The van der Waals surface area contributed by atoms with Gasteiger partial charge in [0.2, 0.25) is 0 Å². The molecular weight excluding hydrogens is 124 g/mol. The van der Waals surface area contributed by atoms with Crippen LogP contribution < -0.4 is 0 Å². The molecule has 9 heavy (non-hydrogen) atoms. The number of hydrogen-bond donors (Lipinski definition) is 2. The third-order valence-corrected chi connectivity index (χ3v) is 1.20. The van der Waals surface area contributed by atoms with Crippen molar-refractivity contribution in [2.45, 2.75) is 12.5 Å². The molecule has 0 aromatic rings. The van der Waals surface area contributed by atoms with Crippen LogP contribution in [-0.4, -0.2) is 35.5 Å². The average Bonchev–Trinajstić information content (AvgIpc) is 1.86. The second kappa shape index (κ2) is 2.80. The first-order chi connectivity index (χ1) is 4.06. The molecule has 0 unspecified atom stereocenters. The van der Waals surface area contributed by atoms with Crippen LogP contribution in [0.25, 0.3) is 0 Å². The van der Waals surface area contributed by atoms with Crippen LogP contribution in [0, 0.1) is 0 Å². The smallest absolute Gasteiger partial charge is 0.338 e. The molecule has 54 valence electrons. The minimum absolute atomic E-state index is 0.515. The predicted molar refractivity (Wildman–Crippen MR) is 30.1 cm³/mol. The standard InChI is InChI=1S/C5H10O4/c1-5(3-6,9-2)4(7)8/h6H,3H2,1-2H3,(H,7,8)/t5-/m0/s1. The Morgan fingerprint density at radius 3 is 2.22 bits per heavy atom. The zero-order valence-corrected chi connectivity index (χ0v) is 5.42. The Morgan fingerprint density at radius 2 is 2.22 bits per heavy atom. The molecule has 0 aliphatic heterocycles. The van der Waals surface area contributed by atoms with Crippen LogP contribution in [0.4, 0.5) is 0 Å². The lowest BCUT2D eigenvalue weighted by atomic mass is 10.1. The maximum absolute atomic E-state index is 10.2. The van der Waals surface area contributed by atoms with Gasteiger partial charge in [-0.15, -0.1) is 0 Å². The van der Waals surface area contributed by atoms with Gasteiger partial charge in [0.05, 0.1) is 6.61 Å². The highest BCUT2D eigenvalue weighted by molar-refractivity contribution is 5.76. The summed E-state index contributed by atoms with van der Waals surface area (Å²) in [6.07, 6.45) is 0. The highest BCUT2D eigenvalue weighted by atomic mass is 16.5. The van der Waals surface area contributed by atoms with E-state index in [4.69, 9.17) is 10.2 Å². The van der Waals surface area contributed by atoms with Crippen LogP contribution in [-0.2, 0) is 9.53 Å². The first-order valence-electron chi connectivity index (χ1n) is 2.46. The molecule has 0 saturated heterocycles. The van der Waals surface area contributed by atoms with Crippen LogP contribution in [0.2, 0.25) is 0 Å². The number of aliphatic hydroxyl groups is 1. The quantitative estimate of drug-likeness (QED) is 0.544. The topological polar surface area (TPSA) is 66.8 Å². The van der Waals surface area contributed by atoms with Gasteiger partial charge in [-0.3, -0.25) is 0 Å². The van der Waals surface area contributed by atoms with Gasteiger partial charge in [0.1, 0.15) is 0 Å². The molecule has 0 aliphatic carbocycles.